The Labute approximate surface area is 148 Å². The van der Waals surface area contributed by atoms with Crippen LogP contribution in [-0.4, -0.2) is 22.5 Å². The Morgan fingerprint density at radius 1 is 1.17 bits per heavy atom. The van der Waals surface area contributed by atoms with Gasteiger partial charge in [0.25, 0.3) is 5.91 Å². The highest BCUT2D eigenvalue weighted by molar-refractivity contribution is 7.13. The van der Waals surface area contributed by atoms with Crippen LogP contribution in [0.2, 0.25) is 0 Å². The fourth-order valence-corrected chi connectivity index (χ4v) is 4.53. The molecular weight excluding hydrogens is 340 g/mol. The highest BCUT2D eigenvalue weighted by Gasteiger charge is 2.30. The maximum absolute atomic E-state index is 12.9. The smallest absolute Gasteiger partial charge is 0.264 e. The lowest BCUT2D eigenvalue weighted by atomic mass is 10.1. The minimum absolute atomic E-state index is 0.000405. The van der Waals surface area contributed by atoms with Crippen molar-refractivity contribution in [2.24, 2.45) is 0 Å². The predicted octanol–water partition coefficient (Wildman–Crippen LogP) is 5.22. The number of nitrogens with zero attached hydrogens (tertiary/aromatic N) is 2. The van der Waals surface area contributed by atoms with Crippen LogP contribution in [-0.2, 0) is 0 Å². The molecule has 1 saturated heterocycles. The zero-order chi connectivity index (χ0) is 16.4. The van der Waals surface area contributed by atoms with Gasteiger partial charge in [0.2, 0.25) is 0 Å². The number of rotatable bonds is 3. The summed E-state index contributed by atoms with van der Waals surface area (Å²) < 4.78 is 5.55. The molecule has 3 aromatic heterocycles. The molecule has 24 heavy (non-hydrogen) atoms. The molecule has 1 aliphatic rings. The van der Waals surface area contributed by atoms with Gasteiger partial charge in [0.1, 0.15) is 5.69 Å². The number of carbonyl (C=O) groups excluding carboxylic acids is 1. The Morgan fingerprint density at radius 3 is 2.83 bits per heavy atom. The van der Waals surface area contributed by atoms with E-state index < -0.39 is 0 Å². The van der Waals surface area contributed by atoms with Crippen LogP contribution >= 0.6 is 22.7 Å². The van der Waals surface area contributed by atoms with E-state index in [1.165, 1.54) is 11.3 Å². The first kappa shape index (κ1) is 15.6. The van der Waals surface area contributed by atoms with Crippen molar-refractivity contribution in [3.05, 3.63) is 51.7 Å². The van der Waals surface area contributed by atoms with Crippen LogP contribution in [0.15, 0.2) is 45.6 Å². The molecule has 1 amide bonds. The molecule has 124 valence electrons. The van der Waals surface area contributed by atoms with Crippen molar-refractivity contribution in [2.75, 3.05) is 6.54 Å². The van der Waals surface area contributed by atoms with Crippen molar-refractivity contribution in [3.8, 4) is 10.6 Å². The summed E-state index contributed by atoms with van der Waals surface area (Å²) >= 11 is 3.13. The molecule has 4 heterocycles. The summed E-state index contributed by atoms with van der Waals surface area (Å²) in [6.45, 7) is 0.780. The minimum Gasteiger partial charge on any atom is -0.355 e. The number of likely N-dealkylation sites (tertiary alicyclic amines) is 1. The Bertz CT molecular complexity index is 793. The summed E-state index contributed by atoms with van der Waals surface area (Å²) in [5, 5.41) is 8.27. The lowest BCUT2D eigenvalue weighted by Gasteiger charge is -2.28. The van der Waals surface area contributed by atoms with E-state index in [0.717, 1.165) is 53.4 Å². The average molecular weight is 358 g/mol. The largest absolute Gasteiger partial charge is 0.355 e. The maximum atomic E-state index is 12.9. The van der Waals surface area contributed by atoms with E-state index in [0.29, 0.717) is 0 Å². The summed E-state index contributed by atoms with van der Waals surface area (Å²) in [6.07, 6.45) is 4.25. The van der Waals surface area contributed by atoms with Crippen LogP contribution in [0, 0.1) is 0 Å². The SMILES string of the molecule is O=C(c1cccs1)N1CCCCCC1c1cc(-c2cccs2)on1. The summed E-state index contributed by atoms with van der Waals surface area (Å²) in [7, 11) is 0. The van der Waals surface area contributed by atoms with Gasteiger partial charge in [-0.1, -0.05) is 30.1 Å². The summed E-state index contributed by atoms with van der Waals surface area (Å²) in [6, 6.07) is 9.84. The highest BCUT2D eigenvalue weighted by Crippen LogP contribution is 2.34. The topological polar surface area (TPSA) is 46.3 Å². The zero-order valence-corrected chi connectivity index (χ0v) is 14.8. The molecule has 0 bridgehead atoms. The molecule has 0 radical (unpaired) electrons. The fraction of sp³-hybridized carbons (Fsp3) is 0.333. The fourth-order valence-electron chi connectivity index (χ4n) is 3.18. The maximum Gasteiger partial charge on any atom is 0.264 e. The Hall–Kier alpha value is -1.92. The highest BCUT2D eigenvalue weighted by atomic mass is 32.1. The van der Waals surface area contributed by atoms with Crippen molar-refractivity contribution < 1.29 is 9.32 Å². The molecule has 0 aromatic carbocycles. The third kappa shape index (κ3) is 3.03. The number of hydrogen-bond donors (Lipinski definition) is 0. The monoisotopic (exact) mass is 358 g/mol. The first-order chi connectivity index (χ1) is 11.8. The molecular formula is C18H18N2O2S2. The minimum atomic E-state index is -0.000405. The van der Waals surface area contributed by atoms with E-state index in [2.05, 4.69) is 5.16 Å². The zero-order valence-electron chi connectivity index (χ0n) is 13.2. The summed E-state index contributed by atoms with van der Waals surface area (Å²) in [4.78, 5) is 16.8. The first-order valence-electron chi connectivity index (χ1n) is 8.18. The molecule has 0 aliphatic carbocycles. The van der Waals surface area contributed by atoms with Gasteiger partial charge >= 0.3 is 0 Å². The standard InChI is InChI=1S/C18H18N2O2S2/c21-18(17-8-5-11-24-17)20-9-3-1-2-6-14(20)13-12-15(22-19-13)16-7-4-10-23-16/h4-5,7-8,10-12,14H,1-3,6,9H2. The van der Waals surface area contributed by atoms with Gasteiger partial charge in [-0.25, -0.2) is 0 Å². The van der Waals surface area contributed by atoms with Gasteiger partial charge in [-0.15, -0.1) is 22.7 Å². The number of hydrogen-bond acceptors (Lipinski definition) is 5. The van der Waals surface area contributed by atoms with Crippen LogP contribution in [0.4, 0.5) is 0 Å². The normalized spacial score (nSPS) is 18.5. The van der Waals surface area contributed by atoms with Gasteiger partial charge < -0.3 is 9.42 Å². The third-order valence-corrected chi connectivity index (χ3v) is 6.12. The van der Waals surface area contributed by atoms with E-state index in [4.69, 9.17) is 4.52 Å². The van der Waals surface area contributed by atoms with Crippen LogP contribution in [0.3, 0.4) is 0 Å². The average Bonchev–Trinajstić information content (AvgIpc) is 3.33. The first-order valence-corrected chi connectivity index (χ1v) is 9.94. The molecule has 1 unspecified atom stereocenters. The van der Waals surface area contributed by atoms with E-state index in [-0.39, 0.29) is 11.9 Å². The quantitative estimate of drug-likeness (QED) is 0.645. The number of carbonyl (C=O) groups is 1. The molecule has 0 spiro atoms. The van der Waals surface area contributed by atoms with E-state index >= 15 is 0 Å². The van der Waals surface area contributed by atoms with Crippen LogP contribution in [0.5, 0.6) is 0 Å². The Balaban J connectivity index is 1.64. The van der Waals surface area contributed by atoms with Crippen molar-refractivity contribution >= 4 is 28.6 Å². The molecule has 1 aliphatic heterocycles. The van der Waals surface area contributed by atoms with Crippen molar-refractivity contribution in [2.45, 2.75) is 31.7 Å². The van der Waals surface area contributed by atoms with Gasteiger partial charge in [-0.2, -0.15) is 0 Å². The van der Waals surface area contributed by atoms with Gasteiger partial charge in [0.15, 0.2) is 5.76 Å². The van der Waals surface area contributed by atoms with Gasteiger partial charge in [-0.05, 0) is 35.7 Å². The molecule has 1 fully saturated rings. The van der Waals surface area contributed by atoms with Crippen LogP contribution in [0.1, 0.15) is 47.1 Å². The van der Waals surface area contributed by atoms with Crippen molar-refractivity contribution in [3.63, 3.8) is 0 Å². The van der Waals surface area contributed by atoms with Crippen molar-refractivity contribution in [1.29, 1.82) is 0 Å². The number of thiophene rings is 2. The lowest BCUT2D eigenvalue weighted by Crippen LogP contribution is -2.34. The Kier molecular flexibility index (Phi) is 4.49. The van der Waals surface area contributed by atoms with Crippen LogP contribution in [0.25, 0.3) is 10.6 Å². The molecule has 4 rings (SSSR count). The van der Waals surface area contributed by atoms with Crippen LogP contribution < -0.4 is 0 Å². The van der Waals surface area contributed by atoms with Gasteiger partial charge in [0, 0.05) is 12.6 Å². The van der Waals surface area contributed by atoms with Gasteiger partial charge in [0.05, 0.1) is 15.8 Å². The van der Waals surface area contributed by atoms with E-state index in [9.17, 15) is 4.79 Å². The molecule has 0 saturated carbocycles. The van der Waals surface area contributed by atoms with E-state index in [1.807, 2.05) is 46.0 Å². The second kappa shape index (κ2) is 6.91. The van der Waals surface area contributed by atoms with Crippen molar-refractivity contribution in [1.82, 2.24) is 10.1 Å². The molecule has 6 heteroatoms. The molecule has 4 nitrogen and oxygen atoms in total. The third-order valence-electron chi connectivity index (χ3n) is 4.38. The summed E-state index contributed by atoms with van der Waals surface area (Å²) in [5.74, 6) is 0.894. The summed E-state index contributed by atoms with van der Waals surface area (Å²) in [5.41, 5.74) is 0.866. The lowest BCUT2D eigenvalue weighted by molar-refractivity contribution is 0.0679. The Morgan fingerprint density at radius 2 is 2.04 bits per heavy atom. The van der Waals surface area contributed by atoms with E-state index in [1.54, 1.807) is 11.3 Å². The second-order valence-electron chi connectivity index (χ2n) is 5.93. The molecule has 0 N–H and O–H groups in total. The second-order valence-corrected chi connectivity index (χ2v) is 7.83. The molecule has 1 atom stereocenters. The number of amides is 1. The predicted molar refractivity (Wildman–Crippen MR) is 96.4 cm³/mol. The number of aromatic nitrogens is 1. The molecule has 3 aromatic rings. The van der Waals surface area contributed by atoms with Gasteiger partial charge in [-0.3, -0.25) is 4.79 Å².